The molecule has 0 saturated carbocycles. The third-order valence-electron chi connectivity index (χ3n) is 3.14. The molecular formula is C16H13BrN2O2. The lowest BCUT2D eigenvalue weighted by Gasteiger charge is -2.05. The van der Waals surface area contributed by atoms with Gasteiger partial charge in [0.2, 0.25) is 6.79 Å². The lowest BCUT2D eigenvalue weighted by molar-refractivity contribution is 0.174. The van der Waals surface area contributed by atoms with Crippen LogP contribution < -0.4 is 15.2 Å². The zero-order valence-corrected chi connectivity index (χ0v) is 12.7. The number of halogens is 1. The Kier molecular flexibility index (Phi) is 3.66. The highest BCUT2D eigenvalue weighted by Gasteiger charge is 2.14. The molecule has 2 aromatic carbocycles. The highest BCUT2D eigenvalue weighted by atomic mass is 79.9. The summed E-state index contributed by atoms with van der Waals surface area (Å²) >= 11 is 3.40. The monoisotopic (exact) mass is 344 g/mol. The van der Waals surface area contributed by atoms with E-state index in [-0.39, 0.29) is 6.79 Å². The molecule has 0 bridgehead atoms. The van der Waals surface area contributed by atoms with Crippen molar-refractivity contribution >= 4 is 27.3 Å². The third kappa shape index (κ3) is 2.92. The summed E-state index contributed by atoms with van der Waals surface area (Å²) in [6.45, 7) is 0.232. The summed E-state index contributed by atoms with van der Waals surface area (Å²) in [6, 6.07) is 13.1. The van der Waals surface area contributed by atoms with Gasteiger partial charge in [-0.2, -0.15) is 0 Å². The van der Waals surface area contributed by atoms with E-state index < -0.39 is 0 Å². The largest absolute Gasteiger partial charge is 0.454 e. The smallest absolute Gasteiger partial charge is 0.231 e. The minimum absolute atomic E-state index is 0.232. The molecule has 0 spiro atoms. The Balaban J connectivity index is 1.87. The molecule has 4 nitrogen and oxygen atoms in total. The summed E-state index contributed by atoms with van der Waals surface area (Å²) in [5.74, 6) is 1.39. The summed E-state index contributed by atoms with van der Waals surface area (Å²) < 4.78 is 11.5. The van der Waals surface area contributed by atoms with Crippen molar-refractivity contribution < 1.29 is 9.47 Å². The van der Waals surface area contributed by atoms with Crippen molar-refractivity contribution in [2.75, 3.05) is 6.79 Å². The number of rotatable bonds is 3. The highest BCUT2D eigenvalue weighted by molar-refractivity contribution is 9.10. The molecule has 0 saturated heterocycles. The first kappa shape index (κ1) is 13.7. The third-order valence-corrected chi connectivity index (χ3v) is 3.63. The first-order valence-corrected chi connectivity index (χ1v) is 7.14. The minimum Gasteiger partial charge on any atom is -0.454 e. The second kappa shape index (κ2) is 5.61. The van der Waals surface area contributed by atoms with Gasteiger partial charge in [0, 0.05) is 21.3 Å². The Bertz CT molecular complexity index is 741. The van der Waals surface area contributed by atoms with Crippen molar-refractivity contribution in [1.29, 1.82) is 5.41 Å². The van der Waals surface area contributed by atoms with Gasteiger partial charge in [0.05, 0.1) is 5.71 Å². The molecule has 5 heteroatoms. The molecule has 0 aliphatic carbocycles. The van der Waals surface area contributed by atoms with E-state index >= 15 is 0 Å². The second-order valence-electron chi connectivity index (χ2n) is 4.59. The molecule has 0 unspecified atom stereocenters. The first-order chi connectivity index (χ1) is 10.1. The Morgan fingerprint density at radius 1 is 1.10 bits per heavy atom. The average molecular weight is 345 g/mol. The standard InChI is InChI=1S/C16H13BrN2O2/c17-12-3-1-2-10(6-12)13(18)8-14(19)11-4-5-15-16(7-11)21-9-20-15/h1-8,18H,9,19H2/b14-8-,18-13?. The van der Waals surface area contributed by atoms with E-state index in [9.17, 15) is 0 Å². The zero-order valence-electron chi connectivity index (χ0n) is 11.1. The van der Waals surface area contributed by atoms with Gasteiger partial charge in [0.25, 0.3) is 0 Å². The van der Waals surface area contributed by atoms with Gasteiger partial charge in [0.15, 0.2) is 11.5 Å². The number of hydrogen-bond donors (Lipinski definition) is 2. The number of fused-ring (bicyclic) bond motifs is 1. The van der Waals surface area contributed by atoms with Crippen molar-refractivity contribution in [1.82, 2.24) is 0 Å². The quantitative estimate of drug-likeness (QED) is 0.836. The predicted molar refractivity (Wildman–Crippen MR) is 85.7 cm³/mol. The molecule has 2 aromatic rings. The first-order valence-electron chi connectivity index (χ1n) is 6.35. The molecule has 1 aliphatic heterocycles. The Morgan fingerprint density at radius 2 is 1.90 bits per heavy atom. The number of hydrogen-bond acceptors (Lipinski definition) is 4. The fourth-order valence-electron chi connectivity index (χ4n) is 2.05. The van der Waals surface area contributed by atoms with Crippen molar-refractivity contribution in [3.05, 3.63) is 64.1 Å². The summed E-state index contributed by atoms with van der Waals surface area (Å²) in [7, 11) is 0. The maximum Gasteiger partial charge on any atom is 0.231 e. The summed E-state index contributed by atoms with van der Waals surface area (Å²) in [5.41, 5.74) is 8.55. The molecule has 21 heavy (non-hydrogen) atoms. The van der Waals surface area contributed by atoms with E-state index in [0.717, 1.165) is 15.6 Å². The Labute approximate surface area is 130 Å². The van der Waals surface area contributed by atoms with Crippen LogP contribution >= 0.6 is 15.9 Å². The van der Waals surface area contributed by atoms with E-state index in [2.05, 4.69) is 15.9 Å². The van der Waals surface area contributed by atoms with Crippen LogP contribution in [0.4, 0.5) is 0 Å². The minimum atomic E-state index is 0.232. The molecule has 0 atom stereocenters. The molecule has 0 radical (unpaired) electrons. The van der Waals surface area contributed by atoms with Crippen LogP contribution in [0.15, 0.2) is 53.0 Å². The van der Waals surface area contributed by atoms with Gasteiger partial charge in [-0.05, 0) is 36.4 Å². The Morgan fingerprint density at radius 3 is 2.71 bits per heavy atom. The molecule has 0 amide bonds. The molecular weight excluding hydrogens is 332 g/mol. The summed E-state index contributed by atoms with van der Waals surface area (Å²) in [6.07, 6.45) is 1.64. The van der Waals surface area contributed by atoms with Gasteiger partial charge < -0.3 is 20.6 Å². The normalized spacial score (nSPS) is 13.3. The highest BCUT2D eigenvalue weighted by Crippen LogP contribution is 2.33. The number of ether oxygens (including phenoxy) is 2. The fourth-order valence-corrected chi connectivity index (χ4v) is 2.45. The predicted octanol–water partition coefficient (Wildman–Crippen LogP) is 3.55. The number of benzene rings is 2. The van der Waals surface area contributed by atoms with Crippen LogP contribution in [0.2, 0.25) is 0 Å². The molecule has 3 rings (SSSR count). The van der Waals surface area contributed by atoms with Gasteiger partial charge >= 0.3 is 0 Å². The van der Waals surface area contributed by atoms with E-state index in [0.29, 0.717) is 22.9 Å². The van der Waals surface area contributed by atoms with Crippen LogP contribution in [0.3, 0.4) is 0 Å². The number of allylic oxidation sites excluding steroid dienone is 1. The van der Waals surface area contributed by atoms with Crippen LogP contribution in [0, 0.1) is 5.41 Å². The summed E-state index contributed by atoms with van der Waals surface area (Å²) in [4.78, 5) is 0. The second-order valence-corrected chi connectivity index (χ2v) is 5.51. The van der Waals surface area contributed by atoms with Crippen LogP contribution in [0.5, 0.6) is 11.5 Å². The lowest BCUT2D eigenvalue weighted by Crippen LogP contribution is -2.02. The van der Waals surface area contributed by atoms with E-state index in [1.54, 1.807) is 6.08 Å². The number of nitrogens with two attached hydrogens (primary N) is 1. The SMILES string of the molecule is N=C(/C=C(\N)c1ccc2c(c1)OCO2)c1cccc(Br)c1. The van der Waals surface area contributed by atoms with Gasteiger partial charge in [-0.3, -0.25) is 0 Å². The zero-order chi connectivity index (χ0) is 14.8. The maximum atomic E-state index is 8.13. The molecule has 0 fully saturated rings. The fraction of sp³-hybridized carbons (Fsp3) is 0.0625. The van der Waals surface area contributed by atoms with Crippen LogP contribution in [-0.2, 0) is 0 Å². The summed E-state index contributed by atoms with van der Waals surface area (Å²) in [5, 5.41) is 8.13. The van der Waals surface area contributed by atoms with E-state index in [1.165, 1.54) is 0 Å². The topological polar surface area (TPSA) is 68.3 Å². The van der Waals surface area contributed by atoms with Gasteiger partial charge in [-0.15, -0.1) is 0 Å². The molecule has 3 N–H and O–H groups in total. The van der Waals surface area contributed by atoms with Crippen molar-refractivity contribution in [2.24, 2.45) is 5.73 Å². The van der Waals surface area contributed by atoms with Crippen molar-refractivity contribution in [3.8, 4) is 11.5 Å². The van der Waals surface area contributed by atoms with Gasteiger partial charge in [-0.25, -0.2) is 0 Å². The molecule has 1 aliphatic rings. The van der Waals surface area contributed by atoms with E-state index in [4.69, 9.17) is 20.6 Å². The van der Waals surface area contributed by atoms with Crippen LogP contribution in [0.25, 0.3) is 5.70 Å². The van der Waals surface area contributed by atoms with Crippen LogP contribution in [-0.4, -0.2) is 12.5 Å². The van der Waals surface area contributed by atoms with Gasteiger partial charge in [-0.1, -0.05) is 28.1 Å². The molecule has 0 aromatic heterocycles. The number of nitrogens with one attached hydrogen (secondary N) is 1. The van der Waals surface area contributed by atoms with Gasteiger partial charge in [0.1, 0.15) is 0 Å². The van der Waals surface area contributed by atoms with Crippen molar-refractivity contribution in [3.63, 3.8) is 0 Å². The van der Waals surface area contributed by atoms with Crippen LogP contribution in [0.1, 0.15) is 11.1 Å². The average Bonchev–Trinajstić information content (AvgIpc) is 2.94. The Hall–Kier alpha value is -2.27. The van der Waals surface area contributed by atoms with E-state index in [1.807, 2.05) is 42.5 Å². The molecule has 1 heterocycles. The molecule has 106 valence electrons. The maximum absolute atomic E-state index is 8.13. The van der Waals surface area contributed by atoms with Crippen molar-refractivity contribution in [2.45, 2.75) is 0 Å². The lowest BCUT2D eigenvalue weighted by atomic mass is 10.1.